The van der Waals surface area contributed by atoms with Gasteiger partial charge in [0, 0.05) is 6.54 Å². The standard InChI is InChI=1S/C8H12F3NO4S/c1-3-5-12(6-7(13)16-4-2)17(14,15)8(9,10)11/h3H,1,4-6H2,2H3. The van der Waals surface area contributed by atoms with Crippen molar-refractivity contribution in [1.29, 1.82) is 0 Å². The number of esters is 1. The lowest BCUT2D eigenvalue weighted by Gasteiger charge is -2.20. The number of hydrogen-bond donors (Lipinski definition) is 0. The van der Waals surface area contributed by atoms with E-state index >= 15 is 0 Å². The minimum absolute atomic E-state index is 0.0437. The van der Waals surface area contributed by atoms with Crippen molar-refractivity contribution in [2.75, 3.05) is 19.7 Å². The number of halogens is 3. The SMILES string of the molecule is C=CCN(CC(=O)OCC)S(=O)(=O)C(F)(F)F. The van der Waals surface area contributed by atoms with Crippen molar-refractivity contribution >= 4 is 16.0 Å². The molecule has 0 spiro atoms. The molecule has 9 heteroatoms. The van der Waals surface area contributed by atoms with Gasteiger partial charge in [-0.1, -0.05) is 6.08 Å². The zero-order valence-corrected chi connectivity index (χ0v) is 9.84. The van der Waals surface area contributed by atoms with Gasteiger partial charge in [0.25, 0.3) is 0 Å². The van der Waals surface area contributed by atoms with E-state index in [0.29, 0.717) is 0 Å². The van der Waals surface area contributed by atoms with Gasteiger partial charge >= 0.3 is 21.5 Å². The molecule has 0 saturated carbocycles. The van der Waals surface area contributed by atoms with E-state index in [-0.39, 0.29) is 10.9 Å². The van der Waals surface area contributed by atoms with Gasteiger partial charge in [-0.05, 0) is 6.92 Å². The molecular weight excluding hydrogens is 263 g/mol. The molecule has 0 N–H and O–H groups in total. The third kappa shape index (κ3) is 4.35. The molecule has 0 aliphatic rings. The molecule has 0 aromatic carbocycles. The summed E-state index contributed by atoms with van der Waals surface area (Å²) in [5.41, 5.74) is -5.46. The Bertz CT molecular complexity index is 377. The monoisotopic (exact) mass is 275 g/mol. The van der Waals surface area contributed by atoms with Crippen LogP contribution < -0.4 is 0 Å². The zero-order chi connectivity index (χ0) is 13.7. The smallest absolute Gasteiger partial charge is 0.465 e. The van der Waals surface area contributed by atoms with E-state index in [1.807, 2.05) is 0 Å². The maximum Gasteiger partial charge on any atom is 0.511 e. The van der Waals surface area contributed by atoms with E-state index in [1.165, 1.54) is 6.92 Å². The van der Waals surface area contributed by atoms with Crippen LogP contribution in [0.4, 0.5) is 13.2 Å². The second-order valence-corrected chi connectivity index (χ2v) is 4.77. The lowest BCUT2D eigenvalue weighted by molar-refractivity contribution is -0.143. The molecule has 0 amide bonds. The molecule has 0 fully saturated rings. The van der Waals surface area contributed by atoms with Gasteiger partial charge in [-0.3, -0.25) is 4.79 Å². The third-order valence-electron chi connectivity index (χ3n) is 1.58. The lowest BCUT2D eigenvalue weighted by Crippen LogP contribution is -2.43. The first-order chi connectivity index (χ1) is 7.66. The second-order valence-electron chi connectivity index (χ2n) is 2.84. The topological polar surface area (TPSA) is 63.7 Å². The van der Waals surface area contributed by atoms with E-state index in [1.54, 1.807) is 0 Å². The van der Waals surface area contributed by atoms with Gasteiger partial charge in [0.15, 0.2) is 0 Å². The molecule has 17 heavy (non-hydrogen) atoms. The summed E-state index contributed by atoms with van der Waals surface area (Å²) < 4.78 is 63.1. The number of carbonyl (C=O) groups excluding carboxylic acids is 1. The van der Waals surface area contributed by atoms with E-state index in [9.17, 15) is 26.4 Å². The predicted molar refractivity (Wildman–Crippen MR) is 53.4 cm³/mol. The summed E-state index contributed by atoms with van der Waals surface area (Å²) >= 11 is 0. The molecule has 100 valence electrons. The number of rotatable bonds is 6. The Kier molecular flexibility index (Phi) is 5.62. The first-order valence-electron chi connectivity index (χ1n) is 4.49. The van der Waals surface area contributed by atoms with Crippen molar-refractivity contribution in [3.63, 3.8) is 0 Å². The van der Waals surface area contributed by atoms with E-state index in [2.05, 4.69) is 11.3 Å². The molecule has 0 aromatic heterocycles. The molecule has 0 rings (SSSR count). The molecule has 0 atom stereocenters. The van der Waals surface area contributed by atoms with E-state index in [4.69, 9.17) is 0 Å². The highest BCUT2D eigenvalue weighted by Gasteiger charge is 2.50. The Hall–Kier alpha value is -1.09. The van der Waals surface area contributed by atoms with Crippen molar-refractivity contribution in [2.24, 2.45) is 0 Å². The van der Waals surface area contributed by atoms with Crippen molar-refractivity contribution in [3.8, 4) is 0 Å². The van der Waals surface area contributed by atoms with Crippen LogP contribution in [0, 0.1) is 0 Å². The first-order valence-corrected chi connectivity index (χ1v) is 5.93. The molecule has 0 heterocycles. The van der Waals surface area contributed by atoms with Crippen LogP contribution in [-0.2, 0) is 19.6 Å². The molecule has 0 bridgehead atoms. The highest BCUT2D eigenvalue weighted by atomic mass is 32.2. The van der Waals surface area contributed by atoms with Crippen molar-refractivity contribution < 1.29 is 31.1 Å². The summed E-state index contributed by atoms with van der Waals surface area (Å²) in [6, 6.07) is 0. The molecule has 0 saturated heterocycles. The number of hydrogen-bond acceptors (Lipinski definition) is 4. The Labute approximate surface area is 96.9 Å². The Morgan fingerprint density at radius 2 is 2.00 bits per heavy atom. The zero-order valence-electron chi connectivity index (χ0n) is 9.03. The van der Waals surface area contributed by atoms with Gasteiger partial charge in [0.2, 0.25) is 0 Å². The van der Waals surface area contributed by atoms with Crippen molar-refractivity contribution in [2.45, 2.75) is 12.4 Å². The summed E-state index contributed by atoms with van der Waals surface area (Å²) in [5.74, 6) is -1.05. The molecule has 5 nitrogen and oxygen atoms in total. The maximum absolute atomic E-state index is 12.2. The lowest BCUT2D eigenvalue weighted by atomic mass is 10.5. The van der Waals surface area contributed by atoms with Crippen LogP contribution in [0.3, 0.4) is 0 Å². The fourth-order valence-corrected chi connectivity index (χ4v) is 1.76. The Morgan fingerprint density at radius 3 is 2.35 bits per heavy atom. The summed E-state index contributed by atoms with van der Waals surface area (Å²) in [7, 11) is -5.55. The number of alkyl halides is 3. The van der Waals surface area contributed by atoms with Crippen LogP contribution in [-0.4, -0.2) is 43.9 Å². The Morgan fingerprint density at radius 1 is 1.47 bits per heavy atom. The molecule has 0 aliphatic carbocycles. The Balaban J connectivity index is 4.99. The quantitative estimate of drug-likeness (QED) is 0.533. The normalized spacial score (nSPS) is 12.5. The summed E-state index contributed by atoms with van der Waals surface area (Å²) in [5, 5.41) is 0. The van der Waals surface area contributed by atoms with Gasteiger partial charge in [-0.15, -0.1) is 6.58 Å². The molecule has 0 aliphatic heterocycles. The average Bonchev–Trinajstić information content (AvgIpc) is 2.15. The third-order valence-corrected chi connectivity index (χ3v) is 3.12. The maximum atomic E-state index is 12.2. The van der Waals surface area contributed by atoms with E-state index < -0.39 is 34.6 Å². The van der Waals surface area contributed by atoms with Crippen LogP contribution in [0.1, 0.15) is 6.92 Å². The van der Waals surface area contributed by atoms with Crippen LogP contribution in [0.25, 0.3) is 0 Å². The highest BCUT2D eigenvalue weighted by molar-refractivity contribution is 7.90. The van der Waals surface area contributed by atoms with Crippen LogP contribution in [0.15, 0.2) is 12.7 Å². The molecule has 0 radical (unpaired) electrons. The van der Waals surface area contributed by atoms with Crippen molar-refractivity contribution in [3.05, 3.63) is 12.7 Å². The molecule has 0 unspecified atom stereocenters. The fourth-order valence-electron chi connectivity index (χ4n) is 0.889. The summed E-state index contributed by atoms with van der Waals surface area (Å²) in [4.78, 5) is 11.0. The van der Waals surface area contributed by atoms with Gasteiger partial charge in [-0.25, -0.2) is 8.42 Å². The van der Waals surface area contributed by atoms with Gasteiger partial charge in [0.05, 0.1) is 6.61 Å². The van der Waals surface area contributed by atoms with Gasteiger partial charge in [0.1, 0.15) is 6.54 Å². The first kappa shape index (κ1) is 15.9. The summed E-state index contributed by atoms with van der Waals surface area (Å²) in [6.07, 6.45) is 0.947. The number of ether oxygens (including phenoxy) is 1. The number of carbonyl (C=O) groups is 1. The van der Waals surface area contributed by atoms with Crippen LogP contribution in [0.2, 0.25) is 0 Å². The van der Waals surface area contributed by atoms with E-state index in [0.717, 1.165) is 6.08 Å². The average molecular weight is 275 g/mol. The van der Waals surface area contributed by atoms with Crippen molar-refractivity contribution in [1.82, 2.24) is 4.31 Å². The van der Waals surface area contributed by atoms with Gasteiger partial charge in [-0.2, -0.15) is 17.5 Å². The molecular formula is C8H12F3NO4S. The van der Waals surface area contributed by atoms with Crippen LogP contribution in [0.5, 0.6) is 0 Å². The fraction of sp³-hybridized carbons (Fsp3) is 0.625. The van der Waals surface area contributed by atoms with Crippen LogP contribution >= 0.6 is 0 Å². The second kappa shape index (κ2) is 6.01. The largest absolute Gasteiger partial charge is 0.511 e. The molecule has 0 aromatic rings. The predicted octanol–water partition coefficient (Wildman–Crippen LogP) is 0.887. The number of nitrogens with zero attached hydrogens (tertiary/aromatic N) is 1. The summed E-state index contributed by atoms with van der Waals surface area (Å²) in [6.45, 7) is 2.90. The van der Waals surface area contributed by atoms with Gasteiger partial charge < -0.3 is 4.74 Å². The number of sulfonamides is 1. The minimum atomic E-state index is -5.55. The highest BCUT2D eigenvalue weighted by Crippen LogP contribution is 2.26. The minimum Gasteiger partial charge on any atom is -0.465 e.